The summed E-state index contributed by atoms with van der Waals surface area (Å²) in [6, 6.07) is 16.3. The fourth-order valence-electron chi connectivity index (χ4n) is 2.77. The van der Waals surface area contributed by atoms with Gasteiger partial charge < -0.3 is 5.32 Å². The van der Waals surface area contributed by atoms with Crippen LogP contribution in [-0.4, -0.2) is 21.0 Å². The van der Waals surface area contributed by atoms with Gasteiger partial charge in [0.1, 0.15) is 12.4 Å². The monoisotopic (exact) mass is 354 g/mol. The zero-order valence-electron chi connectivity index (χ0n) is 13.0. The first kappa shape index (κ1) is 15.3. The van der Waals surface area contributed by atoms with Gasteiger partial charge in [0, 0.05) is 15.6 Å². The molecule has 0 saturated carbocycles. The summed E-state index contributed by atoms with van der Waals surface area (Å²) in [7, 11) is 0. The lowest BCUT2D eigenvalue weighted by molar-refractivity contribution is 0.611. The highest BCUT2D eigenvalue weighted by Crippen LogP contribution is 2.32. The van der Waals surface area contributed by atoms with Crippen LogP contribution < -0.4 is 5.32 Å². The molecule has 0 spiro atoms. The Morgan fingerprint density at radius 2 is 1.83 bits per heavy atom. The smallest absolute Gasteiger partial charge is 0.226 e. The number of benzene rings is 2. The summed E-state index contributed by atoms with van der Waals surface area (Å²) >= 11 is 7.73. The Kier molecular flexibility index (Phi) is 4.04. The largest absolute Gasteiger partial charge is 0.324 e. The number of aromatic nitrogens is 3. The number of nitrogens with zero attached hydrogens (tertiary/aromatic N) is 3. The fourth-order valence-corrected chi connectivity index (χ4v) is 3.30. The molecule has 0 unspecified atom stereocenters. The van der Waals surface area contributed by atoms with Crippen LogP contribution in [0.3, 0.4) is 0 Å². The fraction of sp³-hybridized carbons (Fsp3) is 0.111. The summed E-state index contributed by atoms with van der Waals surface area (Å²) in [6.45, 7) is 0. The van der Waals surface area contributed by atoms with Crippen molar-refractivity contribution < 1.29 is 0 Å². The molecule has 4 rings (SSSR count). The molecule has 1 aromatic heterocycles. The van der Waals surface area contributed by atoms with Gasteiger partial charge >= 0.3 is 0 Å². The van der Waals surface area contributed by atoms with E-state index >= 15 is 0 Å². The number of halogens is 1. The van der Waals surface area contributed by atoms with E-state index in [1.807, 2.05) is 28.9 Å². The lowest BCUT2D eigenvalue weighted by Gasteiger charge is -2.24. The number of hydrogen-bond donors (Lipinski definition) is 1. The van der Waals surface area contributed by atoms with E-state index in [0.717, 1.165) is 22.2 Å². The molecule has 4 nitrogen and oxygen atoms in total. The third-order valence-corrected chi connectivity index (χ3v) is 5.02. The summed E-state index contributed by atoms with van der Waals surface area (Å²) in [4.78, 5) is 5.57. The second kappa shape index (κ2) is 6.34. The summed E-state index contributed by atoms with van der Waals surface area (Å²) in [5.74, 6) is 0.737. The Bertz CT molecular complexity index is 884. The molecule has 2 aromatic carbocycles. The normalized spacial score (nSPS) is 16.2. The van der Waals surface area contributed by atoms with E-state index in [2.05, 4.69) is 52.0 Å². The molecule has 0 bridgehead atoms. The molecule has 1 N–H and O–H groups in total. The number of anilines is 1. The van der Waals surface area contributed by atoms with E-state index < -0.39 is 0 Å². The molecule has 0 saturated heterocycles. The molecule has 0 fully saturated rings. The Hall–Kier alpha value is -2.24. The Morgan fingerprint density at radius 3 is 2.54 bits per heavy atom. The molecule has 3 aromatic rings. The van der Waals surface area contributed by atoms with Gasteiger partial charge in [-0.15, -0.1) is 11.8 Å². The highest BCUT2D eigenvalue weighted by molar-refractivity contribution is 7.98. The van der Waals surface area contributed by atoms with Crippen LogP contribution >= 0.6 is 23.4 Å². The first-order chi connectivity index (χ1) is 11.7. The van der Waals surface area contributed by atoms with Gasteiger partial charge in [-0.3, -0.25) is 0 Å². The van der Waals surface area contributed by atoms with Gasteiger partial charge in [-0.05, 0) is 47.7 Å². The molecule has 6 heteroatoms. The third-order valence-electron chi connectivity index (χ3n) is 4.02. The van der Waals surface area contributed by atoms with Gasteiger partial charge in [0.2, 0.25) is 5.95 Å². The van der Waals surface area contributed by atoms with E-state index in [4.69, 9.17) is 11.6 Å². The minimum atomic E-state index is 0.00494. The molecule has 0 amide bonds. The van der Waals surface area contributed by atoms with E-state index in [1.165, 1.54) is 10.5 Å². The Balaban J connectivity index is 1.77. The lowest BCUT2D eigenvalue weighted by Crippen LogP contribution is -2.20. The maximum absolute atomic E-state index is 6.00. The zero-order valence-corrected chi connectivity index (χ0v) is 14.6. The van der Waals surface area contributed by atoms with Crippen molar-refractivity contribution in [1.82, 2.24) is 14.8 Å². The van der Waals surface area contributed by atoms with Crippen LogP contribution in [0.4, 0.5) is 5.95 Å². The SMILES string of the molecule is CSc1ccc([C@@H]2C=C(c3ccc(Cl)cc3)Nc3ncnn32)cc1. The van der Waals surface area contributed by atoms with Gasteiger partial charge in [0.05, 0.1) is 0 Å². The van der Waals surface area contributed by atoms with Crippen molar-refractivity contribution >= 4 is 35.0 Å². The molecule has 0 aliphatic carbocycles. The number of rotatable bonds is 3. The maximum atomic E-state index is 6.00. The Labute approximate surface area is 149 Å². The minimum Gasteiger partial charge on any atom is -0.324 e. The molecule has 1 aliphatic rings. The van der Waals surface area contributed by atoms with Crippen LogP contribution in [0.1, 0.15) is 17.2 Å². The van der Waals surface area contributed by atoms with E-state index in [0.29, 0.717) is 0 Å². The van der Waals surface area contributed by atoms with Crippen LogP contribution in [0.2, 0.25) is 5.02 Å². The van der Waals surface area contributed by atoms with Crippen molar-refractivity contribution in [2.24, 2.45) is 0 Å². The summed E-state index contributed by atoms with van der Waals surface area (Å²) in [6.07, 6.45) is 5.82. The predicted octanol–water partition coefficient (Wildman–Crippen LogP) is 4.71. The molecule has 120 valence electrons. The van der Waals surface area contributed by atoms with Crippen LogP contribution in [0, 0.1) is 0 Å². The van der Waals surface area contributed by atoms with Crippen LogP contribution in [0.15, 0.2) is 65.8 Å². The number of nitrogens with one attached hydrogen (secondary N) is 1. The lowest BCUT2D eigenvalue weighted by atomic mass is 10.0. The summed E-state index contributed by atoms with van der Waals surface area (Å²) in [5, 5.41) is 8.43. The summed E-state index contributed by atoms with van der Waals surface area (Å²) < 4.78 is 1.90. The second-order valence-corrected chi connectivity index (χ2v) is 6.77. The van der Waals surface area contributed by atoms with Crippen LogP contribution in [-0.2, 0) is 0 Å². The van der Waals surface area contributed by atoms with E-state index in [9.17, 15) is 0 Å². The molecule has 1 aliphatic heterocycles. The van der Waals surface area contributed by atoms with Crippen molar-refractivity contribution in [3.05, 3.63) is 77.1 Å². The van der Waals surface area contributed by atoms with Crippen molar-refractivity contribution in [1.29, 1.82) is 0 Å². The molecule has 0 radical (unpaired) electrons. The maximum Gasteiger partial charge on any atom is 0.226 e. The number of thioether (sulfide) groups is 1. The standard InChI is InChI=1S/C18H15ClN4S/c1-24-15-8-4-13(5-9-15)17-10-16(12-2-6-14(19)7-3-12)22-18-20-11-21-23(17)18/h2-11,17H,1H3,(H,20,21,22)/t17-/m0/s1. The van der Waals surface area contributed by atoms with Crippen LogP contribution in [0.5, 0.6) is 0 Å². The zero-order chi connectivity index (χ0) is 16.5. The van der Waals surface area contributed by atoms with Crippen LogP contribution in [0.25, 0.3) is 5.70 Å². The van der Waals surface area contributed by atoms with E-state index in [-0.39, 0.29) is 6.04 Å². The average Bonchev–Trinajstić information content (AvgIpc) is 3.10. The van der Waals surface area contributed by atoms with Gasteiger partial charge in [-0.1, -0.05) is 35.9 Å². The first-order valence-corrected chi connectivity index (χ1v) is 9.13. The molecule has 2 heterocycles. The van der Waals surface area contributed by atoms with Crippen molar-refractivity contribution in [3.8, 4) is 0 Å². The molecular weight excluding hydrogens is 340 g/mol. The molecule has 1 atom stereocenters. The van der Waals surface area contributed by atoms with Crippen molar-refractivity contribution in [3.63, 3.8) is 0 Å². The second-order valence-electron chi connectivity index (χ2n) is 5.46. The first-order valence-electron chi connectivity index (χ1n) is 7.53. The number of fused-ring (bicyclic) bond motifs is 1. The number of hydrogen-bond acceptors (Lipinski definition) is 4. The molecule has 24 heavy (non-hydrogen) atoms. The average molecular weight is 355 g/mol. The topological polar surface area (TPSA) is 42.7 Å². The van der Waals surface area contributed by atoms with Gasteiger partial charge in [0.15, 0.2) is 0 Å². The van der Waals surface area contributed by atoms with E-state index in [1.54, 1.807) is 18.1 Å². The van der Waals surface area contributed by atoms with Gasteiger partial charge in [-0.25, -0.2) is 4.68 Å². The summed E-state index contributed by atoms with van der Waals surface area (Å²) in [5.41, 5.74) is 3.25. The van der Waals surface area contributed by atoms with Gasteiger partial charge in [-0.2, -0.15) is 10.1 Å². The predicted molar refractivity (Wildman–Crippen MR) is 99.4 cm³/mol. The number of allylic oxidation sites excluding steroid dienone is 1. The van der Waals surface area contributed by atoms with Crippen molar-refractivity contribution in [2.75, 3.05) is 11.6 Å². The highest BCUT2D eigenvalue weighted by Gasteiger charge is 2.23. The van der Waals surface area contributed by atoms with Gasteiger partial charge in [0.25, 0.3) is 0 Å². The third kappa shape index (κ3) is 2.81. The Morgan fingerprint density at radius 1 is 1.08 bits per heavy atom. The van der Waals surface area contributed by atoms with Crippen molar-refractivity contribution in [2.45, 2.75) is 10.9 Å². The highest BCUT2D eigenvalue weighted by atomic mass is 35.5. The quantitative estimate of drug-likeness (QED) is 0.692. The minimum absolute atomic E-state index is 0.00494. The molecular formula is C18H15ClN4S.